The van der Waals surface area contributed by atoms with Crippen molar-refractivity contribution in [3.63, 3.8) is 0 Å². The summed E-state index contributed by atoms with van der Waals surface area (Å²) in [5.74, 6) is 2.73. The number of fused-ring (bicyclic) bond motifs is 3. The van der Waals surface area contributed by atoms with E-state index in [4.69, 9.17) is 14.2 Å². The van der Waals surface area contributed by atoms with Gasteiger partial charge in [0.1, 0.15) is 11.9 Å². The van der Waals surface area contributed by atoms with Crippen LogP contribution in [0.4, 0.5) is 0 Å². The lowest BCUT2D eigenvalue weighted by atomic mass is 10.0. The molecule has 22 heavy (non-hydrogen) atoms. The SMILES string of the molecule is CCCOc1c2c(c3ccccc3c1OCCC)OC(C)C2. The summed E-state index contributed by atoms with van der Waals surface area (Å²) < 4.78 is 18.2. The first-order chi connectivity index (χ1) is 10.8. The third-order valence-electron chi connectivity index (χ3n) is 3.88. The van der Waals surface area contributed by atoms with E-state index < -0.39 is 0 Å². The average Bonchev–Trinajstić information content (AvgIpc) is 2.93. The van der Waals surface area contributed by atoms with Gasteiger partial charge in [0.25, 0.3) is 0 Å². The third-order valence-corrected chi connectivity index (χ3v) is 3.88. The summed E-state index contributed by atoms with van der Waals surface area (Å²) in [5.41, 5.74) is 1.16. The van der Waals surface area contributed by atoms with Crippen LogP contribution in [-0.2, 0) is 6.42 Å². The van der Waals surface area contributed by atoms with Crippen molar-refractivity contribution in [3.8, 4) is 17.2 Å². The Balaban J connectivity index is 2.20. The van der Waals surface area contributed by atoms with Gasteiger partial charge in [-0.3, -0.25) is 0 Å². The monoisotopic (exact) mass is 300 g/mol. The molecule has 118 valence electrons. The standard InChI is InChI=1S/C19H24O3/c1-4-10-20-18-15-9-7-6-8-14(15)17-16(12-13(3)22-17)19(18)21-11-5-2/h6-9,13H,4-5,10-12H2,1-3H3. The molecule has 3 heteroatoms. The fourth-order valence-electron chi connectivity index (χ4n) is 2.96. The number of ether oxygens (including phenoxy) is 3. The molecule has 0 amide bonds. The number of hydrogen-bond donors (Lipinski definition) is 0. The molecule has 1 heterocycles. The average molecular weight is 300 g/mol. The van der Waals surface area contributed by atoms with E-state index >= 15 is 0 Å². The molecular formula is C19H24O3. The van der Waals surface area contributed by atoms with Gasteiger partial charge in [0, 0.05) is 22.8 Å². The molecule has 1 unspecified atom stereocenters. The second-order valence-corrected chi connectivity index (χ2v) is 5.84. The van der Waals surface area contributed by atoms with E-state index in [2.05, 4.69) is 32.9 Å². The Labute approximate surface area is 132 Å². The van der Waals surface area contributed by atoms with Crippen LogP contribution >= 0.6 is 0 Å². The maximum atomic E-state index is 6.08. The molecule has 1 atom stereocenters. The molecule has 0 aromatic heterocycles. The summed E-state index contributed by atoms with van der Waals surface area (Å²) in [7, 11) is 0. The van der Waals surface area contributed by atoms with Gasteiger partial charge in [-0.15, -0.1) is 0 Å². The van der Waals surface area contributed by atoms with Crippen molar-refractivity contribution in [3.05, 3.63) is 29.8 Å². The van der Waals surface area contributed by atoms with Gasteiger partial charge < -0.3 is 14.2 Å². The predicted octanol–water partition coefficient (Wildman–Crippen LogP) is 4.74. The second kappa shape index (κ2) is 6.47. The van der Waals surface area contributed by atoms with Crippen molar-refractivity contribution in [2.24, 2.45) is 0 Å². The highest BCUT2D eigenvalue weighted by molar-refractivity contribution is 5.97. The lowest BCUT2D eigenvalue weighted by Gasteiger charge is -2.18. The van der Waals surface area contributed by atoms with Gasteiger partial charge in [0.2, 0.25) is 0 Å². The molecule has 1 aliphatic heterocycles. The van der Waals surface area contributed by atoms with Crippen LogP contribution < -0.4 is 14.2 Å². The Kier molecular flexibility index (Phi) is 4.41. The molecule has 3 nitrogen and oxygen atoms in total. The number of hydrogen-bond acceptors (Lipinski definition) is 3. The highest BCUT2D eigenvalue weighted by Gasteiger charge is 2.29. The molecule has 2 aromatic carbocycles. The summed E-state index contributed by atoms with van der Waals surface area (Å²) in [5, 5.41) is 2.20. The Morgan fingerprint density at radius 1 is 1.00 bits per heavy atom. The predicted molar refractivity (Wildman–Crippen MR) is 89.3 cm³/mol. The van der Waals surface area contributed by atoms with Crippen LogP contribution in [0.2, 0.25) is 0 Å². The van der Waals surface area contributed by atoms with E-state index in [1.807, 2.05) is 12.1 Å². The Morgan fingerprint density at radius 3 is 2.32 bits per heavy atom. The molecule has 0 fully saturated rings. The van der Waals surface area contributed by atoms with Crippen molar-refractivity contribution in [2.75, 3.05) is 13.2 Å². The molecule has 0 saturated heterocycles. The molecule has 0 spiro atoms. The van der Waals surface area contributed by atoms with Gasteiger partial charge in [0.05, 0.1) is 13.2 Å². The first-order valence-corrected chi connectivity index (χ1v) is 8.26. The fourth-order valence-corrected chi connectivity index (χ4v) is 2.96. The topological polar surface area (TPSA) is 27.7 Å². The van der Waals surface area contributed by atoms with Gasteiger partial charge in [-0.25, -0.2) is 0 Å². The summed E-state index contributed by atoms with van der Waals surface area (Å²) in [6, 6.07) is 8.28. The van der Waals surface area contributed by atoms with Gasteiger partial charge in [-0.05, 0) is 19.8 Å². The lowest BCUT2D eigenvalue weighted by molar-refractivity contribution is 0.257. The smallest absolute Gasteiger partial charge is 0.169 e. The van der Waals surface area contributed by atoms with E-state index in [-0.39, 0.29) is 6.10 Å². The molecule has 0 radical (unpaired) electrons. The van der Waals surface area contributed by atoms with Gasteiger partial charge in [-0.2, -0.15) is 0 Å². The van der Waals surface area contributed by atoms with E-state index in [0.29, 0.717) is 13.2 Å². The van der Waals surface area contributed by atoms with Gasteiger partial charge in [0.15, 0.2) is 11.5 Å². The minimum atomic E-state index is 0.184. The molecule has 1 aliphatic rings. The van der Waals surface area contributed by atoms with E-state index in [1.165, 1.54) is 0 Å². The summed E-state index contributed by atoms with van der Waals surface area (Å²) in [6.45, 7) is 7.73. The molecule has 0 bridgehead atoms. The Morgan fingerprint density at radius 2 is 1.64 bits per heavy atom. The van der Waals surface area contributed by atoms with Crippen molar-refractivity contribution >= 4 is 10.8 Å². The Hall–Kier alpha value is -1.90. The van der Waals surface area contributed by atoms with Crippen LogP contribution in [0.3, 0.4) is 0 Å². The fraction of sp³-hybridized carbons (Fsp3) is 0.474. The van der Waals surface area contributed by atoms with E-state index in [9.17, 15) is 0 Å². The first kappa shape index (κ1) is 15.0. The largest absolute Gasteiger partial charge is 0.489 e. The first-order valence-electron chi connectivity index (χ1n) is 8.26. The van der Waals surface area contributed by atoms with Crippen molar-refractivity contribution in [2.45, 2.75) is 46.1 Å². The van der Waals surface area contributed by atoms with Crippen LogP contribution in [-0.4, -0.2) is 19.3 Å². The maximum absolute atomic E-state index is 6.08. The van der Waals surface area contributed by atoms with Crippen LogP contribution in [0.1, 0.15) is 39.2 Å². The number of rotatable bonds is 6. The Bertz CT molecular complexity index is 663. The minimum absolute atomic E-state index is 0.184. The summed E-state index contributed by atoms with van der Waals surface area (Å²) in [6.07, 6.45) is 3.02. The van der Waals surface area contributed by atoms with Gasteiger partial charge in [-0.1, -0.05) is 38.1 Å². The highest BCUT2D eigenvalue weighted by Crippen LogP contribution is 2.49. The second-order valence-electron chi connectivity index (χ2n) is 5.84. The molecule has 2 aromatic rings. The quantitative estimate of drug-likeness (QED) is 0.771. The van der Waals surface area contributed by atoms with Gasteiger partial charge >= 0.3 is 0 Å². The van der Waals surface area contributed by atoms with Crippen molar-refractivity contribution in [1.29, 1.82) is 0 Å². The molecule has 0 saturated carbocycles. The molecular weight excluding hydrogens is 276 g/mol. The van der Waals surface area contributed by atoms with Crippen LogP contribution in [0.5, 0.6) is 17.2 Å². The highest BCUT2D eigenvalue weighted by atomic mass is 16.5. The third kappa shape index (κ3) is 2.60. The molecule has 0 aliphatic carbocycles. The van der Waals surface area contributed by atoms with E-state index in [0.717, 1.165) is 52.8 Å². The van der Waals surface area contributed by atoms with Crippen molar-refractivity contribution in [1.82, 2.24) is 0 Å². The van der Waals surface area contributed by atoms with E-state index in [1.54, 1.807) is 0 Å². The lowest BCUT2D eigenvalue weighted by Crippen LogP contribution is -2.06. The minimum Gasteiger partial charge on any atom is -0.489 e. The zero-order valence-electron chi connectivity index (χ0n) is 13.6. The summed E-state index contributed by atoms with van der Waals surface area (Å²) in [4.78, 5) is 0. The zero-order valence-corrected chi connectivity index (χ0v) is 13.6. The summed E-state index contributed by atoms with van der Waals surface area (Å²) >= 11 is 0. The van der Waals surface area contributed by atoms with Crippen LogP contribution in [0.25, 0.3) is 10.8 Å². The normalized spacial score (nSPS) is 16.4. The molecule has 0 N–H and O–H groups in total. The van der Waals surface area contributed by atoms with Crippen LogP contribution in [0.15, 0.2) is 24.3 Å². The van der Waals surface area contributed by atoms with Crippen molar-refractivity contribution < 1.29 is 14.2 Å². The number of benzene rings is 2. The van der Waals surface area contributed by atoms with Crippen LogP contribution in [0, 0.1) is 0 Å². The maximum Gasteiger partial charge on any atom is 0.169 e. The molecule has 3 rings (SSSR count). The zero-order chi connectivity index (χ0) is 15.5.